The van der Waals surface area contributed by atoms with Gasteiger partial charge in [-0.15, -0.1) is 0 Å². The fraction of sp³-hybridized carbons (Fsp3) is 0.700. The number of carbonyl (C=O) groups is 3. The first kappa shape index (κ1) is 15.2. The van der Waals surface area contributed by atoms with E-state index in [0.29, 0.717) is 6.54 Å². The number of urea groups is 1. The van der Waals surface area contributed by atoms with Crippen LogP contribution in [0.25, 0.3) is 0 Å². The Hall–Kier alpha value is -1.79. The summed E-state index contributed by atoms with van der Waals surface area (Å²) in [5.74, 6) is -1.27. The van der Waals surface area contributed by atoms with E-state index in [9.17, 15) is 14.4 Å². The number of carboxylic acids is 1. The lowest BCUT2D eigenvalue weighted by atomic mass is 10.1. The Morgan fingerprint density at radius 1 is 1.18 bits per heavy atom. The van der Waals surface area contributed by atoms with Gasteiger partial charge in [0.25, 0.3) is 0 Å². The summed E-state index contributed by atoms with van der Waals surface area (Å²) in [5.41, 5.74) is -1.28. The Labute approximate surface area is 100 Å². The third kappa shape index (κ3) is 4.71. The van der Waals surface area contributed by atoms with E-state index < -0.39 is 17.5 Å². The number of rotatable bonds is 5. The highest BCUT2D eigenvalue weighted by Crippen LogP contribution is 2.11. The average Bonchev–Trinajstić information content (AvgIpc) is 2.22. The van der Waals surface area contributed by atoms with Gasteiger partial charge in [0, 0.05) is 27.1 Å². The standard InChI is InChI=1S/C10H19N3O4/c1-7(14)11-5-6-12-9(17)13(4)10(2,3)8(15)16/h5-6H2,1-4H3,(H,11,14)(H,12,17)(H,15,16). The summed E-state index contributed by atoms with van der Waals surface area (Å²) in [5, 5.41) is 13.9. The zero-order chi connectivity index (χ0) is 13.6. The van der Waals surface area contributed by atoms with E-state index >= 15 is 0 Å². The molecule has 7 heteroatoms. The molecule has 0 aliphatic carbocycles. The van der Waals surface area contributed by atoms with Crippen molar-refractivity contribution >= 4 is 17.9 Å². The predicted octanol–water partition coefficient (Wildman–Crippen LogP) is -0.373. The van der Waals surface area contributed by atoms with Gasteiger partial charge in [0.2, 0.25) is 5.91 Å². The fourth-order valence-corrected chi connectivity index (χ4v) is 0.924. The molecule has 17 heavy (non-hydrogen) atoms. The van der Waals surface area contributed by atoms with Crippen LogP contribution in [0.4, 0.5) is 4.79 Å². The molecule has 0 fully saturated rings. The first-order valence-electron chi connectivity index (χ1n) is 5.19. The summed E-state index contributed by atoms with van der Waals surface area (Å²) in [7, 11) is 1.40. The summed E-state index contributed by atoms with van der Waals surface area (Å²) < 4.78 is 0. The molecule has 0 aromatic carbocycles. The van der Waals surface area contributed by atoms with Crippen molar-refractivity contribution in [2.75, 3.05) is 20.1 Å². The molecule has 0 spiro atoms. The molecule has 0 atom stereocenters. The Balaban J connectivity index is 4.15. The molecule has 0 heterocycles. The van der Waals surface area contributed by atoms with E-state index in [1.807, 2.05) is 0 Å². The number of likely N-dealkylation sites (N-methyl/N-ethyl adjacent to an activating group) is 1. The molecular weight excluding hydrogens is 226 g/mol. The SMILES string of the molecule is CC(=O)NCCNC(=O)N(C)C(C)(C)C(=O)O. The molecule has 0 saturated carbocycles. The minimum absolute atomic E-state index is 0.182. The van der Waals surface area contributed by atoms with Crippen LogP contribution in [-0.4, -0.2) is 53.6 Å². The van der Waals surface area contributed by atoms with Gasteiger partial charge < -0.3 is 20.6 Å². The lowest BCUT2D eigenvalue weighted by Gasteiger charge is -2.31. The van der Waals surface area contributed by atoms with Crippen molar-refractivity contribution < 1.29 is 19.5 Å². The largest absolute Gasteiger partial charge is 0.480 e. The van der Waals surface area contributed by atoms with Gasteiger partial charge in [-0.1, -0.05) is 0 Å². The third-order valence-electron chi connectivity index (χ3n) is 2.44. The highest BCUT2D eigenvalue weighted by molar-refractivity contribution is 5.85. The van der Waals surface area contributed by atoms with Crippen molar-refractivity contribution in [1.82, 2.24) is 15.5 Å². The Bertz CT molecular complexity index is 315. The van der Waals surface area contributed by atoms with Gasteiger partial charge in [-0.05, 0) is 13.8 Å². The van der Waals surface area contributed by atoms with Crippen molar-refractivity contribution in [2.24, 2.45) is 0 Å². The van der Waals surface area contributed by atoms with Crippen LogP contribution in [0.15, 0.2) is 0 Å². The van der Waals surface area contributed by atoms with E-state index in [2.05, 4.69) is 10.6 Å². The number of hydrogen-bond acceptors (Lipinski definition) is 3. The topological polar surface area (TPSA) is 98.7 Å². The summed E-state index contributed by atoms with van der Waals surface area (Å²) in [6.07, 6.45) is 0. The van der Waals surface area contributed by atoms with Crippen molar-refractivity contribution in [3.8, 4) is 0 Å². The molecule has 0 rings (SSSR count). The van der Waals surface area contributed by atoms with Gasteiger partial charge in [-0.25, -0.2) is 9.59 Å². The zero-order valence-corrected chi connectivity index (χ0v) is 10.5. The molecule has 0 radical (unpaired) electrons. The second-order valence-electron chi connectivity index (χ2n) is 4.14. The molecule has 98 valence electrons. The van der Waals surface area contributed by atoms with E-state index in [-0.39, 0.29) is 12.5 Å². The predicted molar refractivity (Wildman–Crippen MR) is 61.6 cm³/mol. The quantitative estimate of drug-likeness (QED) is 0.575. The normalized spacial score (nSPS) is 10.6. The van der Waals surface area contributed by atoms with Crippen LogP contribution in [0.5, 0.6) is 0 Å². The molecule has 0 bridgehead atoms. The maximum Gasteiger partial charge on any atom is 0.329 e. The Morgan fingerprint density at radius 2 is 1.65 bits per heavy atom. The van der Waals surface area contributed by atoms with E-state index in [1.54, 1.807) is 0 Å². The van der Waals surface area contributed by atoms with Crippen molar-refractivity contribution in [3.05, 3.63) is 0 Å². The monoisotopic (exact) mass is 245 g/mol. The summed E-state index contributed by atoms with van der Waals surface area (Å²) in [6, 6.07) is -0.497. The van der Waals surface area contributed by atoms with Gasteiger partial charge in [0.05, 0.1) is 0 Å². The van der Waals surface area contributed by atoms with Crippen molar-refractivity contribution in [3.63, 3.8) is 0 Å². The first-order valence-corrected chi connectivity index (χ1v) is 5.19. The van der Waals surface area contributed by atoms with Crippen molar-refractivity contribution in [2.45, 2.75) is 26.3 Å². The lowest BCUT2D eigenvalue weighted by molar-refractivity contribution is -0.146. The highest BCUT2D eigenvalue weighted by atomic mass is 16.4. The average molecular weight is 245 g/mol. The maximum atomic E-state index is 11.6. The Morgan fingerprint density at radius 3 is 2.06 bits per heavy atom. The minimum atomic E-state index is -1.28. The maximum absolute atomic E-state index is 11.6. The summed E-state index contributed by atoms with van der Waals surface area (Å²) in [6.45, 7) is 4.80. The molecule has 7 nitrogen and oxygen atoms in total. The smallest absolute Gasteiger partial charge is 0.329 e. The second-order valence-corrected chi connectivity index (χ2v) is 4.14. The molecule has 0 aromatic rings. The van der Waals surface area contributed by atoms with Gasteiger partial charge in [0.1, 0.15) is 5.54 Å². The van der Waals surface area contributed by atoms with E-state index in [1.165, 1.54) is 27.8 Å². The van der Waals surface area contributed by atoms with Crippen molar-refractivity contribution in [1.29, 1.82) is 0 Å². The summed E-state index contributed by atoms with van der Waals surface area (Å²) >= 11 is 0. The number of aliphatic carboxylic acids is 1. The van der Waals surface area contributed by atoms with Crippen LogP contribution < -0.4 is 10.6 Å². The highest BCUT2D eigenvalue weighted by Gasteiger charge is 2.34. The Kier molecular flexibility index (Phi) is 5.43. The number of amides is 3. The van der Waals surface area contributed by atoms with Gasteiger partial charge in [-0.2, -0.15) is 0 Å². The molecule has 0 aromatic heterocycles. The minimum Gasteiger partial charge on any atom is -0.480 e. The third-order valence-corrected chi connectivity index (χ3v) is 2.44. The van der Waals surface area contributed by atoms with Crippen LogP contribution in [0.1, 0.15) is 20.8 Å². The number of carbonyl (C=O) groups excluding carboxylic acids is 2. The number of hydrogen-bond donors (Lipinski definition) is 3. The van der Waals surface area contributed by atoms with Crippen LogP contribution in [0.3, 0.4) is 0 Å². The van der Waals surface area contributed by atoms with E-state index in [0.717, 1.165) is 4.90 Å². The van der Waals surface area contributed by atoms with E-state index in [4.69, 9.17) is 5.11 Å². The number of nitrogens with zero attached hydrogens (tertiary/aromatic N) is 1. The fourth-order valence-electron chi connectivity index (χ4n) is 0.924. The second kappa shape index (κ2) is 6.07. The molecular formula is C10H19N3O4. The van der Waals surface area contributed by atoms with Gasteiger partial charge in [0.15, 0.2) is 0 Å². The molecule has 0 aliphatic rings. The molecule has 0 saturated heterocycles. The number of nitrogens with one attached hydrogen (secondary N) is 2. The molecule has 3 N–H and O–H groups in total. The zero-order valence-electron chi connectivity index (χ0n) is 10.5. The first-order chi connectivity index (χ1) is 7.69. The van der Waals surface area contributed by atoms with Crippen LogP contribution in [0, 0.1) is 0 Å². The summed E-state index contributed by atoms with van der Waals surface area (Å²) in [4.78, 5) is 34.1. The van der Waals surface area contributed by atoms with Gasteiger partial charge >= 0.3 is 12.0 Å². The molecule has 0 unspecified atom stereocenters. The van der Waals surface area contributed by atoms with Crippen LogP contribution >= 0.6 is 0 Å². The number of carboxylic acid groups (broad SMARTS) is 1. The molecule has 3 amide bonds. The lowest BCUT2D eigenvalue weighted by Crippen LogP contribution is -2.54. The van der Waals surface area contributed by atoms with Crippen LogP contribution in [0.2, 0.25) is 0 Å². The molecule has 0 aliphatic heterocycles. The van der Waals surface area contributed by atoms with Gasteiger partial charge in [-0.3, -0.25) is 4.79 Å². The van der Waals surface area contributed by atoms with Crippen LogP contribution in [-0.2, 0) is 9.59 Å².